The first-order valence-electron chi connectivity index (χ1n) is 8.94. The van der Waals surface area contributed by atoms with Gasteiger partial charge in [-0.2, -0.15) is 0 Å². The molecule has 0 radical (unpaired) electrons. The predicted molar refractivity (Wildman–Crippen MR) is 113 cm³/mol. The summed E-state index contributed by atoms with van der Waals surface area (Å²) in [6.45, 7) is 8.57. The van der Waals surface area contributed by atoms with Crippen LogP contribution in [0.2, 0.25) is 0 Å². The molecule has 6 heteroatoms. The Hall–Kier alpha value is -2.60. The van der Waals surface area contributed by atoms with Crippen molar-refractivity contribution in [3.63, 3.8) is 0 Å². The van der Waals surface area contributed by atoms with Crippen molar-refractivity contribution in [2.24, 2.45) is 0 Å². The second-order valence-corrected chi connectivity index (χ2v) is 6.73. The van der Waals surface area contributed by atoms with Crippen molar-refractivity contribution in [2.75, 3.05) is 18.5 Å². The van der Waals surface area contributed by atoms with Crippen molar-refractivity contribution < 1.29 is 14.3 Å². The maximum atomic E-state index is 11.8. The van der Waals surface area contributed by atoms with Crippen LogP contribution in [-0.2, 0) is 4.74 Å². The van der Waals surface area contributed by atoms with Crippen LogP contribution >= 0.6 is 12.2 Å². The van der Waals surface area contributed by atoms with Crippen LogP contribution in [0.3, 0.4) is 0 Å². The lowest BCUT2D eigenvalue weighted by atomic mass is 10.1. The molecule has 2 aromatic rings. The molecule has 27 heavy (non-hydrogen) atoms. The summed E-state index contributed by atoms with van der Waals surface area (Å²) >= 11 is 5.39. The van der Waals surface area contributed by atoms with Crippen molar-refractivity contribution >= 4 is 29.0 Å². The monoisotopic (exact) mass is 386 g/mol. The zero-order valence-corrected chi connectivity index (χ0v) is 17.0. The lowest BCUT2D eigenvalue weighted by molar-refractivity contribution is 0.0526. The molecule has 0 aliphatic heterocycles. The third-order valence-corrected chi connectivity index (χ3v) is 4.17. The SMILES string of the molecule is CCOC(=O)c1ccc(NC(=S)N[C@H](C)COc2ccccc2C)c(C)c1. The number of carbonyl (C=O) groups excluding carboxylic acids is 1. The Morgan fingerprint density at radius 1 is 1.15 bits per heavy atom. The molecule has 5 nitrogen and oxygen atoms in total. The van der Waals surface area contributed by atoms with Gasteiger partial charge >= 0.3 is 5.97 Å². The van der Waals surface area contributed by atoms with Crippen LogP contribution in [0.25, 0.3) is 0 Å². The van der Waals surface area contributed by atoms with E-state index in [9.17, 15) is 4.79 Å². The van der Waals surface area contributed by atoms with Crippen LogP contribution < -0.4 is 15.4 Å². The third-order valence-electron chi connectivity index (χ3n) is 3.95. The molecule has 2 aromatic carbocycles. The molecule has 0 heterocycles. The average molecular weight is 387 g/mol. The number of thiocarbonyl (C=S) groups is 1. The Morgan fingerprint density at radius 3 is 2.56 bits per heavy atom. The molecule has 1 atom stereocenters. The summed E-state index contributed by atoms with van der Waals surface area (Å²) in [4.78, 5) is 11.8. The third kappa shape index (κ3) is 6.25. The smallest absolute Gasteiger partial charge is 0.338 e. The van der Waals surface area contributed by atoms with E-state index in [1.807, 2.05) is 51.1 Å². The van der Waals surface area contributed by atoms with Crippen LogP contribution in [0.4, 0.5) is 5.69 Å². The van der Waals surface area contributed by atoms with Crippen LogP contribution in [0.5, 0.6) is 5.75 Å². The van der Waals surface area contributed by atoms with Gasteiger partial charge in [-0.1, -0.05) is 18.2 Å². The van der Waals surface area contributed by atoms with E-state index in [0.29, 0.717) is 23.9 Å². The molecule has 0 spiro atoms. The molecular formula is C21H26N2O3S. The number of ether oxygens (including phenoxy) is 2. The number of anilines is 1. The van der Waals surface area contributed by atoms with Crippen LogP contribution in [-0.4, -0.2) is 30.3 Å². The summed E-state index contributed by atoms with van der Waals surface area (Å²) in [5.74, 6) is 0.547. The number of hydrogen-bond acceptors (Lipinski definition) is 4. The maximum Gasteiger partial charge on any atom is 0.338 e. The Balaban J connectivity index is 1.87. The molecule has 2 N–H and O–H groups in total. The minimum absolute atomic E-state index is 0.0312. The Morgan fingerprint density at radius 2 is 1.89 bits per heavy atom. The minimum atomic E-state index is -0.324. The van der Waals surface area contributed by atoms with Crippen LogP contribution in [0, 0.1) is 13.8 Å². The quantitative estimate of drug-likeness (QED) is 0.548. The number of carbonyl (C=O) groups is 1. The van der Waals surface area contributed by atoms with E-state index in [1.165, 1.54) is 0 Å². The molecular weight excluding hydrogens is 360 g/mol. The molecule has 0 unspecified atom stereocenters. The van der Waals surface area contributed by atoms with E-state index >= 15 is 0 Å². The number of hydrogen-bond donors (Lipinski definition) is 2. The molecule has 2 rings (SSSR count). The Kier molecular flexibility index (Phi) is 7.61. The largest absolute Gasteiger partial charge is 0.491 e. The molecule has 0 fully saturated rings. The number of nitrogens with one attached hydrogen (secondary N) is 2. The van der Waals surface area contributed by atoms with Gasteiger partial charge in [-0.25, -0.2) is 4.79 Å². The van der Waals surface area contributed by atoms with Crippen LogP contribution in [0.15, 0.2) is 42.5 Å². The maximum absolute atomic E-state index is 11.8. The van der Waals surface area contributed by atoms with Gasteiger partial charge in [-0.15, -0.1) is 0 Å². The van der Waals surface area contributed by atoms with Crippen molar-refractivity contribution in [3.05, 3.63) is 59.2 Å². The molecule has 0 saturated carbocycles. The number of benzene rings is 2. The Labute approximate surface area is 166 Å². The van der Waals surface area contributed by atoms with Crippen molar-refractivity contribution in [1.82, 2.24) is 5.32 Å². The summed E-state index contributed by atoms with van der Waals surface area (Å²) in [5, 5.41) is 6.87. The topological polar surface area (TPSA) is 59.6 Å². The first kappa shape index (κ1) is 20.7. The highest BCUT2D eigenvalue weighted by molar-refractivity contribution is 7.80. The zero-order chi connectivity index (χ0) is 19.8. The number of rotatable bonds is 7. The van der Waals surface area contributed by atoms with Gasteiger partial charge in [0.2, 0.25) is 0 Å². The number of esters is 1. The highest BCUT2D eigenvalue weighted by Crippen LogP contribution is 2.18. The highest BCUT2D eigenvalue weighted by atomic mass is 32.1. The highest BCUT2D eigenvalue weighted by Gasteiger charge is 2.11. The van der Waals surface area contributed by atoms with E-state index in [1.54, 1.807) is 19.1 Å². The summed E-state index contributed by atoms with van der Waals surface area (Å²) in [6.07, 6.45) is 0. The summed E-state index contributed by atoms with van der Waals surface area (Å²) in [7, 11) is 0. The van der Waals surface area contributed by atoms with Gasteiger partial charge < -0.3 is 20.1 Å². The van der Waals surface area contributed by atoms with E-state index in [4.69, 9.17) is 21.7 Å². The van der Waals surface area contributed by atoms with Gasteiger partial charge in [0, 0.05) is 5.69 Å². The molecule has 144 valence electrons. The summed E-state index contributed by atoms with van der Waals surface area (Å²) in [5.41, 5.74) is 3.38. The van der Waals surface area contributed by atoms with E-state index in [2.05, 4.69) is 10.6 Å². The first-order chi connectivity index (χ1) is 12.9. The fraction of sp³-hybridized carbons (Fsp3) is 0.333. The minimum Gasteiger partial charge on any atom is -0.491 e. The average Bonchev–Trinajstić information content (AvgIpc) is 2.63. The summed E-state index contributed by atoms with van der Waals surface area (Å²) < 4.78 is 10.9. The van der Waals surface area contributed by atoms with Gasteiger partial charge in [-0.3, -0.25) is 0 Å². The number of para-hydroxylation sites is 1. The number of aryl methyl sites for hydroxylation is 2. The van der Waals surface area contributed by atoms with Crippen molar-refractivity contribution in [3.8, 4) is 5.75 Å². The normalized spacial score (nSPS) is 11.4. The zero-order valence-electron chi connectivity index (χ0n) is 16.2. The van der Waals surface area contributed by atoms with E-state index in [0.717, 1.165) is 22.6 Å². The lowest BCUT2D eigenvalue weighted by Gasteiger charge is -2.19. The second-order valence-electron chi connectivity index (χ2n) is 6.33. The molecule has 0 aromatic heterocycles. The van der Waals surface area contributed by atoms with Gasteiger partial charge in [0.25, 0.3) is 0 Å². The lowest BCUT2D eigenvalue weighted by Crippen LogP contribution is -2.39. The van der Waals surface area contributed by atoms with Crippen molar-refractivity contribution in [1.29, 1.82) is 0 Å². The van der Waals surface area contributed by atoms with E-state index in [-0.39, 0.29) is 12.0 Å². The molecule has 0 aliphatic rings. The second kappa shape index (κ2) is 9.92. The molecule has 0 amide bonds. The molecule has 0 saturated heterocycles. The van der Waals surface area contributed by atoms with Crippen molar-refractivity contribution in [2.45, 2.75) is 33.7 Å². The van der Waals surface area contributed by atoms with E-state index < -0.39 is 0 Å². The fourth-order valence-corrected chi connectivity index (χ4v) is 2.81. The summed E-state index contributed by atoms with van der Waals surface area (Å²) in [6, 6.07) is 13.3. The van der Waals surface area contributed by atoms with Gasteiger partial charge in [0.05, 0.1) is 18.2 Å². The van der Waals surface area contributed by atoms with Gasteiger partial charge in [0.15, 0.2) is 5.11 Å². The fourth-order valence-electron chi connectivity index (χ4n) is 2.50. The van der Waals surface area contributed by atoms with Crippen LogP contribution in [0.1, 0.15) is 35.3 Å². The molecule has 0 bridgehead atoms. The standard InChI is InChI=1S/C21H26N2O3S/c1-5-25-20(24)17-10-11-18(15(3)12-17)23-21(27)22-16(4)13-26-19-9-7-6-8-14(19)2/h6-12,16H,5,13H2,1-4H3,(H2,22,23,27)/t16-/m1/s1. The Bertz CT molecular complexity index is 808. The predicted octanol–water partition coefficient (Wildman–Crippen LogP) is 4.23. The first-order valence-corrected chi connectivity index (χ1v) is 9.35. The molecule has 0 aliphatic carbocycles. The van der Waals surface area contributed by atoms with Gasteiger partial charge in [-0.05, 0) is 75.3 Å². The van der Waals surface area contributed by atoms with Gasteiger partial charge in [0.1, 0.15) is 12.4 Å².